The molecule has 1 aliphatic carbocycles. The smallest absolute Gasteiger partial charge is 0.167 e. The first-order valence-electron chi connectivity index (χ1n) is 21.4. The Balaban J connectivity index is 1.18. The highest BCUT2D eigenvalue weighted by Crippen LogP contribution is 2.42. The van der Waals surface area contributed by atoms with E-state index in [1.54, 1.807) is 18.2 Å². The molecule has 0 aliphatic heterocycles. The van der Waals surface area contributed by atoms with Gasteiger partial charge in [-0.25, -0.2) is 29.9 Å². The lowest BCUT2D eigenvalue weighted by Gasteiger charge is -2.17. The molecule has 10 rings (SSSR count). The molecule has 2 N–H and O–H groups in total. The molecule has 2 aromatic heterocycles. The molecular formula is C54H30B5N7O2. The second kappa shape index (κ2) is 18.0. The highest BCUT2D eigenvalue weighted by atomic mass is 16.3. The molecule has 9 nitrogen and oxygen atoms in total. The SMILES string of the molecule is [B]C1=C([B])C([B])C=C1c1nc(-c2ccccc2-c2ccc(-c3nc(-c4ccccc4)nc(-c4ccccc4-c4ccccc4)n3)c(-c3ccc(C#N)cc3)c2)nc(-c2cc([B])c([B])c(O)c2O)n1. The van der Waals surface area contributed by atoms with Gasteiger partial charge >= 0.3 is 0 Å². The number of aromatic hydroxyl groups is 2. The molecule has 0 bridgehead atoms. The van der Waals surface area contributed by atoms with Gasteiger partial charge in [0.15, 0.2) is 40.7 Å². The van der Waals surface area contributed by atoms with Crippen molar-refractivity contribution in [3.05, 3.63) is 186 Å². The number of phenols is 2. The van der Waals surface area contributed by atoms with E-state index in [4.69, 9.17) is 64.2 Å². The van der Waals surface area contributed by atoms with Crippen LogP contribution in [-0.4, -0.2) is 79.3 Å². The zero-order chi connectivity index (χ0) is 47.1. The third kappa shape index (κ3) is 8.09. The second-order valence-corrected chi connectivity index (χ2v) is 16.0. The first-order chi connectivity index (χ1) is 33.1. The largest absolute Gasteiger partial charge is 0.505 e. The highest BCUT2D eigenvalue weighted by molar-refractivity contribution is 6.50. The molecule has 1 unspecified atom stereocenters. The number of hydrogen-bond acceptors (Lipinski definition) is 9. The van der Waals surface area contributed by atoms with Crippen LogP contribution in [0.2, 0.25) is 5.82 Å². The normalized spacial score (nSPS) is 13.3. The van der Waals surface area contributed by atoms with Crippen LogP contribution in [-0.2, 0) is 0 Å². The first-order valence-corrected chi connectivity index (χ1v) is 21.4. The van der Waals surface area contributed by atoms with Gasteiger partial charge in [-0.15, -0.1) is 5.47 Å². The van der Waals surface area contributed by atoms with Gasteiger partial charge in [0.05, 0.1) is 25.0 Å². The van der Waals surface area contributed by atoms with Crippen molar-refractivity contribution in [1.29, 1.82) is 5.26 Å². The maximum atomic E-state index is 11.2. The van der Waals surface area contributed by atoms with Crippen LogP contribution in [0.3, 0.4) is 0 Å². The van der Waals surface area contributed by atoms with Gasteiger partial charge in [0, 0.05) is 27.8 Å². The van der Waals surface area contributed by atoms with E-state index in [2.05, 4.69) is 29.3 Å². The lowest BCUT2D eigenvalue weighted by Crippen LogP contribution is -2.26. The van der Waals surface area contributed by atoms with Crippen LogP contribution in [0.4, 0.5) is 0 Å². The Bertz CT molecular complexity index is 3560. The maximum absolute atomic E-state index is 11.2. The Kier molecular flexibility index (Phi) is 11.5. The van der Waals surface area contributed by atoms with Gasteiger partial charge in [0.2, 0.25) is 0 Å². The summed E-state index contributed by atoms with van der Waals surface area (Å²) in [5.74, 6) is -0.185. The molecule has 308 valence electrons. The number of nitriles is 1. The summed E-state index contributed by atoms with van der Waals surface area (Å²) in [7, 11) is 31.1. The van der Waals surface area contributed by atoms with Crippen molar-refractivity contribution in [3.63, 3.8) is 0 Å². The number of hydrogen-bond donors (Lipinski definition) is 2. The van der Waals surface area contributed by atoms with E-state index in [-0.39, 0.29) is 44.9 Å². The molecule has 1 atom stereocenters. The van der Waals surface area contributed by atoms with Crippen LogP contribution in [0.1, 0.15) is 11.4 Å². The predicted octanol–water partition coefficient (Wildman–Crippen LogP) is 8.17. The van der Waals surface area contributed by atoms with Gasteiger partial charge in [0.1, 0.15) is 37.1 Å². The topological polar surface area (TPSA) is 142 Å². The van der Waals surface area contributed by atoms with Crippen molar-refractivity contribution in [2.24, 2.45) is 0 Å². The molecule has 9 aromatic rings. The molecule has 14 heteroatoms. The average Bonchev–Trinajstić information content (AvgIpc) is 3.66. The van der Waals surface area contributed by atoms with E-state index < -0.39 is 17.3 Å². The summed E-state index contributed by atoms with van der Waals surface area (Å²) in [5, 5.41) is 31.7. The Labute approximate surface area is 399 Å². The zero-order valence-electron chi connectivity index (χ0n) is 36.1. The van der Waals surface area contributed by atoms with E-state index in [1.165, 1.54) is 6.07 Å². The van der Waals surface area contributed by atoms with E-state index in [9.17, 15) is 15.5 Å². The van der Waals surface area contributed by atoms with E-state index in [0.29, 0.717) is 39.7 Å². The van der Waals surface area contributed by atoms with Crippen molar-refractivity contribution in [3.8, 4) is 108 Å². The lowest BCUT2D eigenvalue weighted by molar-refractivity contribution is 0.408. The molecule has 0 saturated heterocycles. The Morgan fingerprint density at radius 3 is 1.44 bits per heavy atom. The summed E-state index contributed by atoms with van der Waals surface area (Å²) in [4.78, 5) is 29.8. The standard InChI is InChI=1S/C54H30B5N7O2/c55-42-26-40(44(57)45(42)58)53-64-51(65-54(66-53)41-27-43(56)46(59)48(68)47(41)67)37-18-10-8-16-35(37)33-23-24-38(39(25-33)31-21-19-29(28-60)20-22-31)52-62-49(32-13-5-2-6-14-32)61-50(63-52)36-17-9-7-15-34(36)30-11-3-1-4-12-30/h1-27,42,67-68H. The van der Waals surface area contributed by atoms with Gasteiger partial charge < -0.3 is 10.2 Å². The number of aromatic nitrogens is 6. The summed E-state index contributed by atoms with van der Waals surface area (Å²) < 4.78 is 0. The lowest BCUT2D eigenvalue weighted by atomic mass is 9.70. The summed E-state index contributed by atoms with van der Waals surface area (Å²) in [5.41, 5.74) is 9.10. The molecule has 0 amide bonds. The van der Waals surface area contributed by atoms with Crippen molar-refractivity contribution < 1.29 is 10.2 Å². The van der Waals surface area contributed by atoms with Crippen molar-refractivity contribution in [2.45, 2.75) is 5.82 Å². The van der Waals surface area contributed by atoms with E-state index in [0.717, 1.165) is 44.5 Å². The van der Waals surface area contributed by atoms with Crippen LogP contribution in [0.5, 0.6) is 11.5 Å². The minimum Gasteiger partial charge on any atom is -0.505 e. The molecule has 0 fully saturated rings. The van der Waals surface area contributed by atoms with Crippen LogP contribution in [0, 0.1) is 11.3 Å². The molecule has 2 heterocycles. The number of nitrogens with zero attached hydrogens (tertiary/aromatic N) is 7. The molecule has 1 aliphatic rings. The molecular weight excluding hydrogens is 833 g/mol. The Morgan fingerprint density at radius 1 is 0.426 bits per heavy atom. The fraction of sp³-hybridized carbons (Fsp3) is 0.0185. The summed E-state index contributed by atoms with van der Waals surface area (Å²) in [6.07, 6.45) is 1.65. The van der Waals surface area contributed by atoms with Crippen LogP contribution >= 0.6 is 0 Å². The van der Waals surface area contributed by atoms with Crippen molar-refractivity contribution in [1.82, 2.24) is 29.9 Å². The van der Waals surface area contributed by atoms with Gasteiger partial charge in [-0.3, -0.25) is 0 Å². The molecule has 0 spiro atoms. The number of allylic oxidation sites excluding steroid dienone is 4. The van der Waals surface area contributed by atoms with Gasteiger partial charge in [0.25, 0.3) is 0 Å². The van der Waals surface area contributed by atoms with Crippen molar-refractivity contribution in [2.75, 3.05) is 0 Å². The molecule has 0 saturated carbocycles. The monoisotopic (exact) mass is 863 g/mol. The third-order valence-electron chi connectivity index (χ3n) is 11.8. The van der Waals surface area contributed by atoms with Crippen molar-refractivity contribution >= 4 is 55.7 Å². The van der Waals surface area contributed by atoms with E-state index in [1.807, 2.05) is 121 Å². The van der Waals surface area contributed by atoms with E-state index >= 15 is 0 Å². The maximum Gasteiger partial charge on any atom is 0.167 e. The summed E-state index contributed by atoms with van der Waals surface area (Å²) in [6.45, 7) is 0. The minimum atomic E-state index is -0.687. The quantitative estimate of drug-likeness (QED) is 0.109. The van der Waals surface area contributed by atoms with Gasteiger partial charge in [-0.1, -0.05) is 156 Å². The first kappa shape index (κ1) is 43.4. The fourth-order valence-electron chi connectivity index (χ4n) is 8.17. The summed E-state index contributed by atoms with van der Waals surface area (Å²) in [6, 6.07) is 52.4. The third-order valence-corrected chi connectivity index (χ3v) is 11.8. The molecule has 7 aromatic carbocycles. The summed E-state index contributed by atoms with van der Waals surface area (Å²) >= 11 is 0. The molecule has 68 heavy (non-hydrogen) atoms. The zero-order valence-corrected chi connectivity index (χ0v) is 36.1. The highest BCUT2D eigenvalue weighted by Gasteiger charge is 2.25. The number of benzene rings is 7. The Hall–Kier alpha value is -8.55. The Morgan fingerprint density at radius 2 is 0.882 bits per heavy atom. The average molecular weight is 863 g/mol. The van der Waals surface area contributed by atoms with Gasteiger partial charge in [-0.2, -0.15) is 5.26 Å². The number of phenolic OH excluding ortho intramolecular Hbond substituents is 2. The van der Waals surface area contributed by atoms with Crippen LogP contribution in [0.15, 0.2) is 175 Å². The fourth-order valence-corrected chi connectivity index (χ4v) is 8.17. The second-order valence-electron chi connectivity index (χ2n) is 16.0. The molecule has 10 radical (unpaired) electrons. The van der Waals surface area contributed by atoms with Crippen LogP contribution < -0.4 is 10.9 Å². The van der Waals surface area contributed by atoms with Gasteiger partial charge in [-0.05, 0) is 63.5 Å². The van der Waals surface area contributed by atoms with Crippen LogP contribution in [0.25, 0.3) is 95.9 Å². The minimum absolute atomic E-state index is 0.000406. The predicted molar refractivity (Wildman–Crippen MR) is 272 cm³/mol. The number of rotatable bonds is 9.